The Labute approximate surface area is 133 Å². The summed E-state index contributed by atoms with van der Waals surface area (Å²) < 4.78 is 0. The fourth-order valence-corrected chi connectivity index (χ4v) is 2.16. The van der Waals surface area contributed by atoms with Gasteiger partial charge in [0.05, 0.1) is 0 Å². The van der Waals surface area contributed by atoms with Crippen molar-refractivity contribution in [3.8, 4) is 0 Å². The van der Waals surface area contributed by atoms with E-state index in [9.17, 15) is 9.59 Å². The van der Waals surface area contributed by atoms with Crippen molar-refractivity contribution >= 4 is 41.2 Å². The van der Waals surface area contributed by atoms with E-state index in [-0.39, 0.29) is 5.92 Å². The molecule has 1 aromatic carbocycles. The first-order chi connectivity index (χ1) is 9.85. The highest BCUT2D eigenvalue weighted by atomic mass is 35.5. The minimum atomic E-state index is -1.05. The maximum absolute atomic E-state index is 11.8. The molecule has 0 bridgehead atoms. The molecule has 1 aromatic rings. The second-order valence-corrected chi connectivity index (χ2v) is 5.55. The van der Waals surface area contributed by atoms with Crippen molar-refractivity contribution in [3.63, 3.8) is 0 Å². The first-order valence-corrected chi connectivity index (χ1v) is 7.27. The number of rotatable bonds is 6. The van der Waals surface area contributed by atoms with E-state index in [1.165, 1.54) is 12.2 Å². The Balaban J connectivity index is 2.76. The maximum atomic E-state index is 11.8. The fourth-order valence-electron chi connectivity index (χ4n) is 1.69. The van der Waals surface area contributed by atoms with Gasteiger partial charge in [-0.15, -0.1) is 0 Å². The Morgan fingerprint density at radius 3 is 2.57 bits per heavy atom. The lowest BCUT2D eigenvalue weighted by atomic mass is 9.99. The zero-order chi connectivity index (χ0) is 16.0. The molecule has 0 aliphatic carbocycles. The Kier molecular flexibility index (Phi) is 6.72. The molecule has 2 atom stereocenters. The summed E-state index contributed by atoms with van der Waals surface area (Å²) in [5, 5.41) is 12.5. The smallest absolute Gasteiger partial charge is 0.326 e. The molecule has 0 saturated heterocycles. The second-order valence-electron chi connectivity index (χ2n) is 4.71. The first-order valence-electron chi connectivity index (χ1n) is 6.51. The van der Waals surface area contributed by atoms with E-state index in [0.29, 0.717) is 22.0 Å². The molecule has 0 heterocycles. The van der Waals surface area contributed by atoms with E-state index < -0.39 is 17.9 Å². The topological polar surface area (TPSA) is 66.4 Å². The van der Waals surface area contributed by atoms with E-state index in [0.717, 1.165) is 0 Å². The van der Waals surface area contributed by atoms with Gasteiger partial charge in [0, 0.05) is 16.1 Å². The van der Waals surface area contributed by atoms with Gasteiger partial charge in [0.1, 0.15) is 6.04 Å². The largest absolute Gasteiger partial charge is 0.480 e. The summed E-state index contributed by atoms with van der Waals surface area (Å²) in [5.41, 5.74) is 0.631. The lowest BCUT2D eigenvalue weighted by Gasteiger charge is -2.19. The average molecular weight is 330 g/mol. The van der Waals surface area contributed by atoms with Crippen molar-refractivity contribution in [2.45, 2.75) is 26.3 Å². The molecule has 0 aliphatic rings. The van der Waals surface area contributed by atoms with Crippen molar-refractivity contribution in [1.29, 1.82) is 0 Å². The summed E-state index contributed by atoms with van der Waals surface area (Å²) in [6.45, 7) is 3.65. The first kappa shape index (κ1) is 17.5. The minimum Gasteiger partial charge on any atom is -0.480 e. The van der Waals surface area contributed by atoms with Crippen LogP contribution in [0.1, 0.15) is 25.8 Å². The van der Waals surface area contributed by atoms with E-state index in [2.05, 4.69) is 5.32 Å². The van der Waals surface area contributed by atoms with Gasteiger partial charge >= 0.3 is 5.97 Å². The van der Waals surface area contributed by atoms with Gasteiger partial charge in [-0.05, 0) is 29.7 Å². The molecule has 21 heavy (non-hydrogen) atoms. The number of halogens is 2. The quantitative estimate of drug-likeness (QED) is 0.783. The highest BCUT2D eigenvalue weighted by molar-refractivity contribution is 6.35. The number of hydrogen-bond acceptors (Lipinski definition) is 2. The number of carboxylic acid groups (broad SMARTS) is 1. The molecule has 0 spiro atoms. The van der Waals surface area contributed by atoms with Crippen LogP contribution in [-0.2, 0) is 9.59 Å². The molecule has 6 heteroatoms. The average Bonchev–Trinajstić information content (AvgIpc) is 2.42. The number of aliphatic carboxylic acids is 1. The lowest BCUT2D eigenvalue weighted by molar-refractivity contribution is -0.142. The Bertz CT molecular complexity index is 558. The number of benzene rings is 1. The van der Waals surface area contributed by atoms with Gasteiger partial charge in [-0.3, -0.25) is 4.79 Å². The summed E-state index contributed by atoms with van der Waals surface area (Å²) in [6.07, 6.45) is 3.43. The molecule has 2 N–H and O–H groups in total. The van der Waals surface area contributed by atoms with Gasteiger partial charge in [-0.1, -0.05) is 49.5 Å². The van der Waals surface area contributed by atoms with Gasteiger partial charge in [-0.25, -0.2) is 4.79 Å². The number of carbonyl (C=O) groups is 2. The number of nitrogens with one attached hydrogen (secondary N) is 1. The van der Waals surface area contributed by atoms with Crippen molar-refractivity contribution in [2.24, 2.45) is 5.92 Å². The van der Waals surface area contributed by atoms with Crippen molar-refractivity contribution in [3.05, 3.63) is 39.9 Å². The molecule has 0 fully saturated rings. The summed E-state index contributed by atoms with van der Waals surface area (Å²) in [4.78, 5) is 22.9. The SMILES string of the molecule is CCC(C)[C@H](NC(=O)/C=C/c1ccc(Cl)cc1Cl)C(=O)O. The predicted molar refractivity (Wildman–Crippen MR) is 84.5 cm³/mol. The Morgan fingerprint density at radius 2 is 2.05 bits per heavy atom. The number of amides is 1. The number of carboxylic acids is 1. The van der Waals surface area contributed by atoms with Crippen LogP contribution in [0, 0.1) is 5.92 Å². The van der Waals surface area contributed by atoms with Crippen LogP contribution in [0.25, 0.3) is 6.08 Å². The van der Waals surface area contributed by atoms with Crippen LogP contribution in [0.4, 0.5) is 0 Å². The Morgan fingerprint density at radius 1 is 1.38 bits per heavy atom. The highest BCUT2D eigenvalue weighted by Gasteiger charge is 2.24. The molecule has 114 valence electrons. The van der Waals surface area contributed by atoms with Crippen molar-refractivity contribution < 1.29 is 14.7 Å². The maximum Gasteiger partial charge on any atom is 0.326 e. The van der Waals surface area contributed by atoms with Crippen LogP contribution in [0.15, 0.2) is 24.3 Å². The van der Waals surface area contributed by atoms with Gasteiger partial charge in [0.25, 0.3) is 0 Å². The van der Waals surface area contributed by atoms with Crippen LogP contribution in [0.3, 0.4) is 0 Å². The van der Waals surface area contributed by atoms with Crippen LogP contribution in [-0.4, -0.2) is 23.0 Å². The highest BCUT2D eigenvalue weighted by Crippen LogP contribution is 2.21. The van der Waals surface area contributed by atoms with Gasteiger partial charge in [0.15, 0.2) is 0 Å². The molecule has 1 amide bonds. The zero-order valence-corrected chi connectivity index (χ0v) is 13.3. The van der Waals surface area contributed by atoms with Gasteiger partial charge in [-0.2, -0.15) is 0 Å². The Hall–Kier alpha value is -1.52. The molecule has 0 radical (unpaired) electrons. The standard InChI is InChI=1S/C15H17Cl2NO3/c1-3-9(2)14(15(20)21)18-13(19)7-5-10-4-6-11(16)8-12(10)17/h4-9,14H,3H2,1-2H3,(H,18,19)(H,20,21)/b7-5+/t9?,14-/m0/s1. The third-order valence-corrected chi connectivity index (χ3v) is 3.72. The summed E-state index contributed by atoms with van der Waals surface area (Å²) >= 11 is 11.8. The van der Waals surface area contributed by atoms with E-state index in [4.69, 9.17) is 28.3 Å². The monoisotopic (exact) mass is 329 g/mol. The fraction of sp³-hybridized carbons (Fsp3) is 0.333. The molecule has 1 unspecified atom stereocenters. The molecule has 1 rings (SSSR count). The molecule has 0 saturated carbocycles. The molecule has 4 nitrogen and oxygen atoms in total. The third-order valence-electron chi connectivity index (χ3n) is 3.15. The third kappa shape index (κ3) is 5.40. The van der Waals surface area contributed by atoms with Crippen LogP contribution in [0.2, 0.25) is 10.0 Å². The normalized spacial score (nSPS) is 13.9. The van der Waals surface area contributed by atoms with E-state index in [1.807, 2.05) is 6.92 Å². The summed E-state index contributed by atoms with van der Waals surface area (Å²) in [5.74, 6) is -1.68. The molecule has 0 aromatic heterocycles. The van der Waals surface area contributed by atoms with Crippen LogP contribution < -0.4 is 5.32 Å². The summed E-state index contributed by atoms with van der Waals surface area (Å²) in [7, 11) is 0. The van der Waals surface area contributed by atoms with Gasteiger partial charge < -0.3 is 10.4 Å². The van der Waals surface area contributed by atoms with Crippen LogP contribution >= 0.6 is 23.2 Å². The zero-order valence-electron chi connectivity index (χ0n) is 11.8. The molecule has 0 aliphatic heterocycles. The molecular weight excluding hydrogens is 313 g/mol. The molecular formula is C15H17Cl2NO3. The second kappa shape index (κ2) is 8.05. The number of hydrogen-bond donors (Lipinski definition) is 2. The van der Waals surface area contributed by atoms with Crippen molar-refractivity contribution in [2.75, 3.05) is 0 Å². The van der Waals surface area contributed by atoms with E-state index in [1.54, 1.807) is 25.1 Å². The minimum absolute atomic E-state index is 0.154. The van der Waals surface area contributed by atoms with Crippen LogP contribution in [0.5, 0.6) is 0 Å². The van der Waals surface area contributed by atoms with Gasteiger partial charge in [0.2, 0.25) is 5.91 Å². The van der Waals surface area contributed by atoms with E-state index >= 15 is 0 Å². The predicted octanol–water partition coefficient (Wildman–Crippen LogP) is 3.62. The van der Waals surface area contributed by atoms with Crippen molar-refractivity contribution in [1.82, 2.24) is 5.32 Å². The lowest BCUT2D eigenvalue weighted by Crippen LogP contribution is -2.44. The number of carbonyl (C=O) groups excluding carboxylic acids is 1. The summed E-state index contributed by atoms with van der Waals surface area (Å²) in [6, 6.07) is 4.00.